The van der Waals surface area contributed by atoms with Crippen LogP contribution in [0.1, 0.15) is 19.8 Å². The van der Waals surface area contributed by atoms with Crippen molar-refractivity contribution in [3.05, 3.63) is 23.4 Å². The van der Waals surface area contributed by atoms with Gasteiger partial charge in [-0.2, -0.15) is 0 Å². The van der Waals surface area contributed by atoms with Gasteiger partial charge in [0.1, 0.15) is 0 Å². The zero-order valence-corrected chi connectivity index (χ0v) is 6.80. The molecule has 0 radical (unpaired) electrons. The number of fused-ring (bicyclic) bond motifs is 1. The molecular weight excluding hydrogens is 136 g/mol. The summed E-state index contributed by atoms with van der Waals surface area (Å²) in [4.78, 5) is 0. The highest BCUT2D eigenvalue weighted by Crippen LogP contribution is 2.54. The molecule has 0 spiro atoms. The maximum absolute atomic E-state index is 5.40. The summed E-state index contributed by atoms with van der Waals surface area (Å²) in [6, 6.07) is 0. The highest BCUT2D eigenvalue weighted by atomic mass is 15.2. The third kappa shape index (κ3) is 0.979. The van der Waals surface area contributed by atoms with Crippen LogP contribution in [0, 0.1) is 11.8 Å². The van der Waals surface area contributed by atoms with E-state index >= 15 is 0 Å². The third-order valence-corrected chi connectivity index (χ3v) is 2.66. The summed E-state index contributed by atoms with van der Waals surface area (Å²) in [6.45, 7) is 2.05. The minimum Gasteiger partial charge on any atom is -0.328 e. The lowest BCUT2D eigenvalue weighted by atomic mass is 10.1. The van der Waals surface area contributed by atoms with Crippen LogP contribution < -0.4 is 11.3 Å². The molecule has 3 N–H and O–H groups in total. The van der Waals surface area contributed by atoms with Gasteiger partial charge in [0.05, 0.1) is 0 Å². The van der Waals surface area contributed by atoms with E-state index in [9.17, 15) is 0 Å². The molecule has 2 rings (SSSR count). The Labute approximate surface area is 67.1 Å². The molecule has 2 aliphatic rings. The quantitative estimate of drug-likeness (QED) is 0.460. The van der Waals surface area contributed by atoms with Crippen molar-refractivity contribution in [2.75, 3.05) is 0 Å². The van der Waals surface area contributed by atoms with Crippen molar-refractivity contribution >= 4 is 0 Å². The lowest BCUT2D eigenvalue weighted by Gasteiger charge is -2.04. The molecule has 1 saturated carbocycles. The van der Waals surface area contributed by atoms with Crippen molar-refractivity contribution in [2.24, 2.45) is 17.7 Å². The number of nitrogens with one attached hydrogen (secondary N) is 1. The number of rotatable bonds is 2. The van der Waals surface area contributed by atoms with Crippen molar-refractivity contribution in [1.82, 2.24) is 5.43 Å². The van der Waals surface area contributed by atoms with Gasteiger partial charge in [-0.15, -0.1) is 0 Å². The van der Waals surface area contributed by atoms with Crippen molar-refractivity contribution in [3.8, 4) is 0 Å². The Kier molecular flexibility index (Phi) is 1.50. The molecule has 0 aliphatic heterocycles. The first kappa shape index (κ1) is 6.92. The summed E-state index contributed by atoms with van der Waals surface area (Å²) in [5.74, 6) is 7.14. The monoisotopic (exact) mass is 150 g/mol. The molecule has 11 heavy (non-hydrogen) atoms. The van der Waals surface area contributed by atoms with Gasteiger partial charge in [-0.3, -0.25) is 5.84 Å². The van der Waals surface area contributed by atoms with E-state index in [1.807, 2.05) is 0 Å². The summed E-state index contributed by atoms with van der Waals surface area (Å²) in [7, 11) is 0. The van der Waals surface area contributed by atoms with E-state index in [0.29, 0.717) is 0 Å². The second-order valence-electron chi connectivity index (χ2n) is 3.38. The molecule has 0 aromatic rings. The van der Waals surface area contributed by atoms with Crippen molar-refractivity contribution < 1.29 is 0 Å². The number of allylic oxidation sites excluding steroid dienone is 4. The van der Waals surface area contributed by atoms with Crippen LogP contribution in [0.3, 0.4) is 0 Å². The Morgan fingerprint density at radius 3 is 3.09 bits per heavy atom. The normalized spacial score (nSPS) is 34.7. The first-order valence-electron chi connectivity index (χ1n) is 4.19. The smallest absolute Gasteiger partial charge is 0.0297 e. The lowest BCUT2D eigenvalue weighted by molar-refractivity contribution is 0.751. The van der Waals surface area contributed by atoms with Crippen LogP contribution in [0.15, 0.2) is 23.4 Å². The standard InChI is InChI=1S/C9H14N2/c1-2-3-7-8-4-6(8)5-9(7)11-10/h2-3,6,8,11H,4-5,10H2,1H3/b3-2+. The molecule has 0 amide bonds. The highest BCUT2D eigenvalue weighted by molar-refractivity contribution is 5.37. The topological polar surface area (TPSA) is 38.0 Å². The summed E-state index contributed by atoms with van der Waals surface area (Å²) < 4.78 is 0. The van der Waals surface area contributed by atoms with Crippen LogP contribution in [-0.2, 0) is 0 Å². The van der Waals surface area contributed by atoms with E-state index < -0.39 is 0 Å². The third-order valence-electron chi connectivity index (χ3n) is 2.66. The maximum atomic E-state index is 5.40. The van der Waals surface area contributed by atoms with Gasteiger partial charge in [0.15, 0.2) is 0 Å². The first-order chi connectivity index (χ1) is 5.36. The van der Waals surface area contributed by atoms with E-state index in [4.69, 9.17) is 5.84 Å². The van der Waals surface area contributed by atoms with Crippen LogP contribution in [-0.4, -0.2) is 0 Å². The Morgan fingerprint density at radius 2 is 2.45 bits per heavy atom. The minimum atomic E-state index is 0.831. The van der Waals surface area contributed by atoms with Crippen LogP contribution in [0.25, 0.3) is 0 Å². The van der Waals surface area contributed by atoms with Gasteiger partial charge in [0, 0.05) is 5.70 Å². The molecule has 0 heterocycles. The van der Waals surface area contributed by atoms with E-state index in [2.05, 4.69) is 24.5 Å². The van der Waals surface area contributed by atoms with Crippen LogP contribution in [0.5, 0.6) is 0 Å². The van der Waals surface area contributed by atoms with Crippen molar-refractivity contribution in [2.45, 2.75) is 19.8 Å². The molecule has 0 saturated heterocycles. The zero-order valence-electron chi connectivity index (χ0n) is 6.80. The number of hydrogen-bond acceptors (Lipinski definition) is 2. The summed E-state index contributed by atoms with van der Waals surface area (Å²) in [5, 5.41) is 0. The van der Waals surface area contributed by atoms with Gasteiger partial charge in [0.25, 0.3) is 0 Å². The van der Waals surface area contributed by atoms with Gasteiger partial charge < -0.3 is 5.43 Å². The molecule has 2 aliphatic carbocycles. The maximum Gasteiger partial charge on any atom is 0.0297 e. The van der Waals surface area contributed by atoms with Crippen LogP contribution in [0.4, 0.5) is 0 Å². The van der Waals surface area contributed by atoms with Crippen molar-refractivity contribution in [1.29, 1.82) is 0 Å². The number of hydrazine groups is 1. The van der Waals surface area contributed by atoms with Gasteiger partial charge >= 0.3 is 0 Å². The average molecular weight is 150 g/mol. The molecule has 2 heteroatoms. The Balaban J connectivity index is 2.21. The molecule has 0 bridgehead atoms. The van der Waals surface area contributed by atoms with Gasteiger partial charge in [-0.25, -0.2) is 0 Å². The van der Waals surface area contributed by atoms with Crippen LogP contribution in [0.2, 0.25) is 0 Å². The Bertz CT molecular complexity index is 228. The summed E-state index contributed by atoms with van der Waals surface area (Å²) >= 11 is 0. The molecule has 2 nitrogen and oxygen atoms in total. The first-order valence-corrected chi connectivity index (χ1v) is 4.19. The molecule has 1 fully saturated rings. The molecule has 0 aromatic carbocycles. The fraction of sp³-hybridized carbons (Fsp3) is 0.556. The van der Waals surface area contributed by atoms with E-state index in [1.54, 1.807) is 0 Å². The zero-order chi connectivity index (χ0) is 7.84. The SMILES string of the molecule is C/C=C/C1=C(NN)CC2CC12. The van der Waals surface area contributed by atoms with Crippen molar-refractivity contribution in [3.63, 3.8) is 0 Å². The highest BCUT2D eigenvalue weighted by Gasteiger charge is 2.45. The molecule has 0 aromatic heterocycles. The van der Waals surface area contributed by atoms with Gasteiger partial charge in [0.2, 0.25) is 0 Å². The Morgan fingerprint density at radius 1 is 1.64 bits per heavy atom. The fourth-order valence-corrected chi connectivity index (χ4v) is 2.00. The fourth-order valence-electron chi connectivity index (χ4n) is 2.00. The minimum absolute atomic E-state index is 0.831. The molecular formula is C9H14N2. The Hall–Kier alpha value is -0.760. The molecule has 2 unspecified atom stereocenters. The predicted molar refractivity (Wildman–Crippen MR) is 45.4 cm³/mol. The second kappa shape index (κ2) is 2.38. The second-order valence-corrected chi connectivity index (χ2v) is 3.38. The number of nitrogens with two attached hydrogens (primary N) is 1. The van der Waals surface area contributed by atoms with E-state index in [-0.39, 0.29) is 0 Å². The molecule has 2 atom stereocenters. The summed E-state index contributed by atoms with van der Waals surface area (Å²) in [5.41, 5.74) is 5.49. The van der Waals surface area contributed by atoms with Gasteiger partial charge in [-0.05, 0) is 37.2 Å². The van der Waals surface area contributed by atoms with Gasteiger partial charge in [-0.1, -0.05) is 12.2 Å². The predicted octanol–water partition coefficient (Wildman–Crippen LogP) is 1.32. The lowest BCUT2D eigenvalue weighted by Crippen LogP contribution is -2.21. The largest absolute Gasteiger partial charge is 0.328 e. The van der Waals surface area contributed by atoms with E-state index in [0.717, 1.165) is 11.8 Å². The summed E-state index contributed by atoms with van der Waals surface area (Å²) in [6.07, 6.45) is 6.83. The number of hydrogen-bond donors (Lipinski definition) is 2. The average Bonchev–Trinajstić information content (AvgIpc) is 2.70. The van der Waals surface area contributed by atoms with Crippen LogP contribution >= 0.6 is 0 Å². The van der Waals surface area contributed by atoms with E-state index in [1.165, 1.54) is 24.1 Å². The molecule has 60 valence electrons.